The summed E-state index contributed by atoms with van der Waals surface area (Å²) in [6.45, 7) is 5.30. The third kappa shape index (κ3) is 7.93. The lowest BCUT2D eigenvalue weighted by Gasteiger charge is -2.18. The highest BCUT2D eigenvalue weighted by molar-refractivity contribution is 5.78. The molecule has 0 atom stereocenters. The smallest absolute Gasteiger partial charge is 0.317 e. The minimum Gasteiger partial charge on any atom is -0.480 e. The van der Waals surface area contributed by atoms with E-state index in [1.54, 1.807) is 4.90 Å². The van der Waals surface area contributed by atoms with Gasteiger partial charge in [0.2, 0.25) is 5.91 Å². The topological polar surface area (TPSA) is 69.6 Å². The van der Waals surface area contributed by atoms with E-state index in [1.165, 1.54) is 0 Å². The Morgan fingerprint density at radius 3 is 2.33 bits per heavy atom. The monoisotopic (exact) mass is 216 g/mol. The van der Waals surface area contributed by atoms with E-state index >= 15 is 0 Å². The van der Waals surface area contributed by atoms with Gasteiger partial charge in [0.1, 0.15) is 0 Å². The standard InChI is InChI=1S/C10H20N2O3/c1-3-5-11-9(13)7-12(6-4-2)8-10(14)15/h3-8H2,1-2H3,(H,11,13)(H,14,15). The van der Waals surface area contributed by atoms with E-state index in [-0.39, 0.29) is 19.0 Å². The Balaban J connectivity index is 3.92. The van der Waals surface area contributed by atoms with Gasteiger partial charge in [-0.15, -0.1) is 0 Å². The molecule has 0 saturated heterocycles. The predicted molar refractivity (Wildman–Crippen MR) is 57.7 cm³/mol. The van der Waals surface area contributed by atoms with Crippen LogP contribution in [0.1, 0.15) is 26.7 Å². The number of carboxylic acid groups (broad SMARTS) is 1. The molecule has 0 aromatic carbocycles. The van der Waals surface area contributed by atoms with Crippen LogP contribution in [0.4, 0.5) is 0 Å². The summed E-state index contributed by atoms with van der Waals surface area (Å²) in [5.41, 5.74) is 0. The lowest BCUT2D eigenvalue weighted by atomic mass is 10.3. The summed E-state index contributed by atoms with van der Waals surface area (Å²) in [7, 11) is 0. The SMILES string of the molecule is CCCNC(=O)CN(CCC)CC(=O)O. The Morgan fingerprint density at radius 1 is 1.20 bits per heavy atom. The van der Waals surface area contributed by atoms with Crippen LogP contribution in [-0.4, -0.2) is 48.1 Å². The van der Waals surface area contributed by atoms with E-state index in [2.05, 4.69) is 5.32 Å². The van der Waals surface area contributed by atoms with Gasteiger partial charge >= 0.3 is 5.97 Å². The molecule has 0 aliphatic rings. The molecule has 0 aromatic heterocycles. The summed E-state index contributed by atoms with van der Waals surface area (Å²) in [6.07, 6.45) is 1.73. The number of hydrogen-bond donors (Lipinski definition) is 2. The molecule has 0 spiro atoms. The van der Waals surface area contributed by atoms with Crippen molar-refractivity contribution < 1.29 is 14.7 Å². The predicted octanol–water partition coefficient (Wildman–Crippen LogP) is 0.309. The van der Waals surface area contributed by atoms with Crippen LogP contribution in [0.2, 0.25) is 0 Å². The number of aliphatic carboxylic acids is 1. The van der Waals surface area contributed by atoms with E-state index < -0.39 is 5.97 Å². The molecule has 5 heteroatoms. The average Bonchev–Trinajstić information content (AvgIpc) is 2.14. The number of amides is 1. The normalized spacial score (nSPS) is 10.3. The number of nitrogens with zero attached hydrogens (tertiary/aromatic N) is 1. The van der Waals surface area contributed by atoms with Gasteiger partial charge in [0.25, 0.3) is 0 Å². The highest BCUT2D eigenvalue weighted by Crippen LogP contribution is 1.91. The van der Waals surface area contributed by atoms with Crippen LogP contribution in [-0.2, 0) is 9.59 Å². The molecule has 0 bridgehead atoms. The van der Waals surface area contributed by atoms with Gasteiger partial charge in [0.15, 0.2) is 0 Å². The van der Waals surface area contributed by atoms with Gasteiger partial charge < -0.3 is 10.4 Å². The first kappa shape index (κ1) is 13.9. The number of nitrogens with one attached hydrogen (secondary N) is 1. The molecule has 0 saturated carbocycles. The molecule has 0 unspecified atom stereocenters. The quantitative estimate of drug-likeness (QED) is 0.612. The van der Waals surface area contributed by atoms with Crippen molar-refractivity contribution in [1.82, 2.24) is 10.2 Å². The highest BCUT2D eigenvalue weighted by atomic mass is 16.4. The number of carboxylic acids is 1. The van der Waals surface area contributed by atoms with Crippen molar-refractivity contribution in [3.05, 3.63) is 0 Å². The van der Waals surface area contributed by atoms with Gasteiger partial charge in [-0.2, -0.15) is 0 Å². The third-order valence-corrected chi connectivity index (χ3v) is 1.84. The zero-order valence-corrected chi connectivity index (χ0v) is 9.45. The van der Waals surface area contributed by atoms with Crippen molar-refractivity contribution >= 4 is 11.9 Å². The molecule has 0 heterocycles. The molecule has 88 valence electrons. The van der Waals surface area contributed by atoms with Gasteiger partial charge in [0.05, 0.1) is 13.1 Å². The Labute approximate surface area is 90.5 Å². The fourth-order valence-electron chi connectivity index (χ4n) is 1.24. The van der Waals surface area contributed by atoms with Crippen LogP contribution < -0.4 is 5.32 Å². The molecular formula is C10H20N2O3. The van der Waals surface area contributed by atoms with Crippen molar-refractivity contribution in [2.45, 2.75) is 26.7 Å². The number of hydrogen-bond acceptors (Lipinski definition) is 3. The largest absolute Gasteiger partial charge is 0.480 e. The molecule has 0 rings (SSSR count). The molecule has 0 aliphatic heterocycles. The molecule has 0 fully saturated rings. The lowest BCUT2D eigenvalue weighted by molar-refractivity contribution is -0.138. The van der Waals surface area contributed by atoms with Crippen molar-refractivity contribution in [3.63, 3.8) is 0 Å². The number of carbonyl (C=O) groups is 2. The Morgan fingerprint density at radius 2 is 1.87 bits per heavy atom. The van der Waals surface area contributed by atoms with Gasteiger partial charge in [-0.05, 0) is 19.4 Å². The van der Waals surface area contributed by atoms with E-state index in [0.717, 1.165) is 12.8 Å². The molecule has 0 radical (unpaired) electrons. The second-order valence-electron chi connectivity index (χ2n) is 3.45. The van der Waals surface area contributed by atoms with Crippen molar-refractivity contribution in [3.8, 4) is 0 Å². The fourth-order valence-corrected chi connectivity index (χ4v) is 1.24. The van der Waals surface area contributed by atoms with Gasteiger partial charge in [-0.25, -0.2) is 0 Å². The van der Waals surface area contributed by atoms with Crippen molar-refractivity contribution in [2.24, 2.45) is 0 Å². The van der Waals surface area contributed by atoms with Crippen LogP contribution in [0.25, 0.3) is 0 Å². The zero-order chi connectivity index (χ0) is 11.7. The Hall–Kier alpha value is -1.10. The van der Waals surface area contributed by atoms with Crippen molar-refractivity contribution in [1.29, 1.82) is 0 Å². The van der Waals surface area contributed by atoms with Crippen LogP contribution in [0.3, 0.4) is 0 Å². The Bertz CT molecular complexity index is 207. The van der Waals surface area contributed by atoms with Crippen molar-refractivity contribution in [2.75, 3.05) is 26.2 Å². The van der Waals surface area contributed by atoms with Crippen LogP contribution in [0, 0.1) is 0 Å². The maximum absolute atomic E-state index is 11.3. The second kappa shape index (κ2) is 8.23. The second-order valence-corrected chi connectivity index (χ2v) is 3.45. The third-order valence-electron chi connectivity index (χ3n) is 1.84. The van der Waals surface area contributed by atoms with Gasteiger partial charge in [0, 0.05) is 6.54 Å². The molecule has 1 amide bonds. The number of rotatable bonds is 8. The molecule has 5 nitrogen and oxygen atoms in total. The summed E-state index contributed by atoms with van der Waals surface area (Å²) < 4.78 is 0. The minimum atomic E-state index is -0.897. The van der Waals surface area contributed by atoms with Crippen LogP contribution >= 0.6 is 0 Å². The first-order chi connectivity index (χ1) is 7.10. The van der Waals surface area contributed by atoms with Gasteiger partial charge in [-0.1, -0.05) is 13.8 Å². The van der Waals surface area contributed by atoms with E-state index in [4.69, 9.17) is 5.11 Å². The molecule has 15 heavy (non-hydrogen) atoms. The van der Waals surface area contributed by atoms with Gasteiger partial charge in [-0.3, -0.25) is 14.5 Å². The molecule has 0 aliphatic carbocycles. The average molecular weight is 216 g/mol. The van der Waals surface area contributed by atoms with Crippen LogP contribution in [0.5, 0.6) is 0 Å². The van der Waals surface area contributed by atoms with Crippen LogP contribution in [0.15, 0.2) is 0 Å². The molecule has 2 N–H and O–H groups in total. The first-order valence-corrected chi connectivity index (χ1v) is 5.31. The minimum absolute atomic E-state index is 0.0760. The summed E-state index contributed by atoms with van der Waals surface area (Å²) in [5, 5.41) is 11.3. The maximum atomic E-state index is 11.3. The number of carbonyl (C=O) groups excluding carboxylic acids is 1. The summed E-state index contributed by atoms with van der Waals surface area (Å²) in [4.78, 5) is 23.5. The summed E-state index contributed by atoms with van der Waals surface area (Å²) >= 11 is 0. The van der Waals surface area contributed by atoms with E-state index in [1.807, 2.05) is 13.8 Å². The fraction of sp³-hybridized carbons (Fsp3) is 0.800. The summed E-state index contributed by atoms with van der Waals surface area (Å²) in [6, 6.07) is 0. The lowest BCUT2D eigenvalue weighted by Crippen LogP contribution is -2.40. The first-order valence-electron chi connectivity index (χ1n) is 5.31. The van der Waals surface area contributed by atoms with E-state index in [0.29, 0.717) is 13.1 Å². The van der Waals surface area contributed by atoms with E-state index in [9.17, 15) is 9.59 Å². The maximum Gasteiger partial charge on any atom is 0.317 e. The summed E-state index contributed by atoms with van der Waals surface area (Å²) in [5.74, 6) is -1.00. The molecule has 0 aromatic rings. The highest BCUT2D eigenvalue weighted by Gasteiger charge is 2.12. The zero-order valence-electron chi connectivity index (χ0n) is 9.45. The molecular weight excluding hydrogens is 196 g/mol. The Kier molecular flexibility index (Phi) is 7.62.